The lowest BCUT2D eigenvalue weighted by atomic mass is 9.85. The summed E-state index contributed by atoms with van der Waals surface area (Å²) in [5.41, 5.74) is 0. The lowest BCUT2D eigenvalue weighted by Crippen LogP contribution is -2.26. The van der Waals surface area contributed by atoms with Gasteiger partial charge in [0.2, 0.25) is 0 Å². The monoisotopic (exact) mass is 372 g/mol. The van der Waals surface area contributed by atoms with Crippen LogP contribution in [0.4, 0.5) is 4.39 Å². The fraction of sp³-hybridized carbons (Fsp3) is 0.850. The number of alkyl halides is 1. The van der Waals surface area contributed by atoms with E-state index in [0.29, 0.717) is 37.9 Å². The summed E-state index contributed by atoms with van der Waals surface area (Å²) >= 11 is 0. The number of carboxylic acids is 1. The van der Waals surface area contributed by atoms with Crippen molar-refractivity contribution in [2.24, 2.45) is 11.8 Å². The first kappa shape index (κ1) is 21.2. The van der Waals surface area contributed by atoms with Gasteiger partial charge in [0, 0.05) is 18.8 Å². The van der Waals surface area contributed by atoms with Crippen LogP contribution in [0, 0.1) is 11.8 Å². The summed E-state index contributed by atoms with van der Waals surface area (Å²) in [4.78, 5) is 10.5. The summed E-state index contributed by atoms with van der Waals surface area (Å²) in [5.74, 6) is -1.01. The predicted octanol–water partition coefficient (Wildman–Crippen LogP) is 3.58. The molecule has 1 heterocycles. The largest absolute Gasteiger partial charge is 0.491 e. The minimum atomic E-state index is -1.23. The molecule has 6 atom stereocenters. The number of unbranched alkanes of at least 4 members (excludes halogenated alkanes) is 2. The normalized spacial score (nSPS) is 33.2. The summed E-state index contributed by atoms with van der Waals surface area (Å²) in [7, 11) is 0. The van der Waals surface area contributed by atoms with Crippen molar-refractivity contribution in [2.75, 3.05) is 0 Å². The smallest absolute Gasteiger partial charge is 0.303 e. The molecule has 150 valence electrons. The maximum Gasteiger partial charge on any atom is 0.303 e. The van der Waals surface area contributed by atoms with Crippen LogP contribution in [0.3, 0.4) is 0 Å². The minimum Gasteiger partial charge on any atom is -0.491 e. The highest BCUT2D eigenvalue weighted by Gasteiger charge is 2.53. The Morgan fingerprint density at radius 3 is 2.77 bits per heavy atom. The molecule has 26 heavy (non-hydrogen) atoms. The summed E-state index contributed by atoms with van der Waals surface area (Å²) in [6, 6.07) is 0. The van der Waals surface area contributed by atoms with E-state index in [1.54, 1.807) is 6.08 Å². The molecule has 3 N–H and O–H groups in total. The summed E-state index contributed by atoms with van der Waals surface area (Å²) in [5, 5.41) is 28.9. The van der Waals surface area contributed by atoms with Gasteiger partial charge in [-0.2, -0.15) is 0 Å². The highest BCUT2D eigenvalue weighted by atomic mass is 19.1. The van der Waals surface area contributed by atoms with Crippen molar-refractivity contribution >= 4 is 5.97 Å². The van der Waals surface area contributed by atoms with Crippen molar-refractivity contribution in [1.29, 1.82) is 0 Å². The molecule has 5 nitrogen and oxygen atoms in total. The standard InChI is InChI=1S/C20H33FO5/c1-2-3-7-13(22)8-6-9-14-15(23)12-17-19(14)20(21)16(26-17)10-4-5-11-18(24)25/h10,13-15,17,19-20,22-23H,2-9,11-12H2,1H3,(H,24,25)/b16-10-/t13?,14-,15+,17+,19+,20+/m0/s1. The zero-order valence-electron chi connectivity index (χ0n) is 15.6. The second-order valence-electron chi connectivity index (χ2n) is 7.72. The molecule has 1 saturated heterocycles. The molecule has 1 saturated carbocycles. The van der Waals surface area contributed by atoms with Gasteiger partial charge in [0.15, 0.2) is 6.17 Å². The van der Waals surface area contributed by atoms with Gasteiger partial charge in [-0.1, -0.05) is 26.2 Å². The molecule has 1 unspecified atom stereocenters. The number of rotatable bonds is 11. The second-order valence-corrected chi connectivity index (χ2v) is 7.72. The van der Waals surface area contributed by atoms with Gasteiger partial charge in [-0.25, -0.2) is 4.39 Å². The van der Waals surface area contributed by atoms with Gasteiger partial charge >= 0.3 is 5.97 Å². The number of hydrogen-bond donors (Lipinski definition) is 3. The van der Waals surface area contributed by atoms with Crippen LogP contribution in [-0.4, -0.2) is 45.8 Å². The third-order valence-electron chi connectivity index (χ3n) is 5.69. The van der Waals surface area contributed by atoms with Crippen LogP contribution in [-0.2, 0) is 9.53 Å². The van der Waals surface area contributed by atoms with Gasteiger partial charge < -0.3 is 20.1 Å². The van der Waals surface area contributed by atoms with Crippen LogP contribution in [0.2, 0.25) is 0 Å². The summed E-state index contributed by atoms with van der Waals surface area (Å²) < 4.78 is 20.5. The van der Waals surface area contributed by atoms with Gasteiger partial charge in [-0.3, -0.25) is 4.79 Å². The molecule has 0 aromatic rings. The Morgan fingerprint density at radius 1 is 1.35 bits per heavy atom. The van der Waals surface area contributed by atoms with E-state index in [9.17, 15) is 19.4 Å². The predicted molar refractivity (Wildman–Crippen MR) is 96.3 cm³/mol. The number of allylic oxidation sites excluding steroid dienone is 2. The lowest BCUT2D eigenvalue weighted by molar-refractivity contribution is -0.137. The van der Waals surface area contributed by atoms with Crippen molar-refractivity contribution in [1.82, 2.24) is 0 Å². The average molecular weight is 372 g/mol. The Bertz CT molecular complexity index is 481. The molecule has 2 fully saturated rings. The first-order chi connectivity index (χ1) is 12.4. The molecule has 0 spiro atoms. The van der Waals surface area contributed by atoms with Crippen molar-refractivity contribution in [3.8, 4) is 0 Å². The van der Waals surface area contributed by atoms with Crippen LogP contribution in [0.5, 0.6) is 0 Å². The number of halogens is 1. The number of carboxylic acid groups (broad SMARTS) is 1. The molecule has 2 rings (SSSR count). The number of aliphatic carboxylic acids is 1. The Labute approximate surface area is 155 Å². The minimum absolute atomic E-state index is 0.0648. The Balaban J connectivity index is 1.82. The van der Waals surface area contributed by atoms with E-state index in [4.69, 9.17) is 9.84 Å². The first-order valence-corrected chi connectivity index (χ1v) is 10.0. The SMILES string of the molecule is CCCCC(O)CCC[C@@H]1[C@H]2[C@H](F)/C(=C/CCCC(=O)O)O[C@@H]2C[C@H]1O. The van der Waals surface area contributed by atoms with E-state index >= 15 is 0 Å². The topological polar surface area (TPSA) is 87.0 Å². The van der Waals surface area contributed by atoms with E-state index < -0.39 is 18.2 Å². The van der Waals surface area contributed by atoms with Crippen LogP contribution in [0.15, 0.2) is 11.8 Å². The number of fused-ring (bicyclic) bond motifs is 1. The molecule has 0 bridgehead atoms. The Kier molecular flexibility index (Phi) is 8.35. The highest BCUT2D eigenvalue weighted by Crippen LogP contribution is 2.48. The van der Waals surface area contributed by atoms with Crippen LogP contribution in [0.1, 0.15) is 71.1 Å². The van der Waals surface area contributed by atoms with Crippen molar-refractivity contribution in [2.45, 2.75) is 95.6 Å². The molecule has 2 aliphatic rings. The van der Waals surface area contributed by atoms with E-state index in [1.165, 1.54) is 0 Å². The second kappa shape index (κ2) is 10.3. The van der Waals surface area contributed by atoms with Crippen molar-refractivity contribution < 1.29 is 29.2 Å². The molecule has 1 aliphatic carbocycles. The van der Waals surface area contributed by atoms with Crippen LogP contribution < -0.4 is 0 Å². The molecule has 0 amide bonds. The van der Waals surface area contributed by atoms with Gasteiger partial charge in [0.25, 0.3) is 0 Å². The number of carbonyl (C=O) groups is 1. The zero-order valence-corrected chi connectivity index (χ0v) is 15.6. The molecule has 6 heteroatoms. The highest BCUT2D eigenvalue weighted by molar-refractivity contribution is 5.66. The maximum atomic E-state index is 14.8. The first-order valence-electron chi connectivity index (χ1n) is 10.0. The van der Waals surface area contributed by atoms with Crippen molar-refractivity contribution in [3.05, 3.63) is 11.8 Å². The molecular formula is C20H33FO5. The van der Waals surface area contributed by atoms with Gasteiger partial charge in [0.05, 0.1) is 12.2 Å². The molecule has 0 aromatic heterocycles. The Hall–Kier alpha value is -1.14. The van der Waals surface area contributed by atoms with Gasteiger partial charge in [0.1, 0.15) is 11.9 Å². The number of aliphatic hydroxyl groups is 2. The molecular weight excluding hydrogens is 339 g/mol. The van der Waals surface area contributed by atoms with Crippen molar-refractivity contribution in [3.63, 3.8) is 0 Å². The van der Waals surface area contributed by atoms with Gasteiger partial charge in [-0.15, -0.1) is 0 Å². The summed E-state index contributed by atoms with van der Waals surface area (Å²) in [6.45, 7) is 2.09. The quantitative estimate of drug-likeness (QED) is 0.483. The average Bonchev–Trinajstić information content (AvgIpc) is 3.05. The fourth-order valence-corrected chi connectivity index (χ4v) is 4.28. The molecule has 0 aromatic carbocycles. The van der Waals surface area contributed by atoms with Crippen LogP contribution in [0.25, 0.3) is 0 Å². The van der Waals surface area contributed by atoms with E-state index in [1.807, 2.05) is 0 Å². The third kappa shape index (κ3) is 5.68. The maximum absolute atomic E-state index is 14.8. The third-order valence-corrected chi connectivity index (χ3v) is 5.69. The Morgan fingerprint density at radius 2 is 2.08 bits per heavy atom. The number of ether oxygens (including phenoxy) is 1. The van der Waals surface area contributed by atoms with E-state index in [2.05, 4.69) is 6.92 Å². The lowest BCUT2D eigenvalue weighted by Gasteiger charge is -2.22. The zero-order chi connectivity index (χ0) is 19.1. The van der Waals surface area contributed by atoms with Crippen LogP contribution >= 0.6 is 0 Å². The van der Waals surface area contributed by atoms with Gasteiger partial charge in [-0.05, 0) is 44.1 Å². The van der Waals surface area contributed by atoms with E-state index in [0.717, 1.165) is 25.7 Å². The molecule has 0 radical (unpaired) electrons. The number of aliphatic hydroxyl groups excluding tert-OH is 2. The summed E-state index contributed by atoms with van der Waals surface area (Å²) in [6.07, 6.45) is 5.78. The number of hydrogen-bond acceptors (Lipinski definition) is 4. The van der Waals surface area contributed by atoms with E-state index in [-0.39, 0.29) is 30.5 Å². The fourth-order valence-electron chi connectivity index (χ4n) is 4.28. The molecule has 1 aliphatic heterocycles.